The second-order valence-corrected chi connectivity index (χ2v) is 9.92. The molecule has 1 atom stereocenters. The number of rotatable bonds is 6. The van der Waals surface area contributed by atoms with E-state index in [0.717, 1.165) is 15.8 Å². The van der Waals surface area contributed by atoms with E-state index in [-0.39, 0.29) is 22.0 Å². The highest BCUT2D eigenvalue weighted by molar-refractivity contribution is 7.22. The number of carbonyl (C=O) groups is 2. The summed E-state index contributed by atoms with van der Waals surface area (Å²) in [7, 11) is 0. The molecule has 1 aliphatic heterocycles. The number of carbonyl (C=O) groups excluding carboxylic acids is 2. The van der Waals surface area contributed by atoms with Crippen molar-refractivity contribution in [2.24, 2.45) is 0 Å². The van der Waals surface area contributed by atoms with Crippen LogP contribution in [0, 0.1) is 24.0 Å². The maximum absolute atomic E-state index is 13.5. The molecule has 0 radical (unpaired) electrons. The number of Topliss-reactive ketones (excluding diaryl/α,β-unsaturated/α-hetero) is 1. The number of anilines is 1. The lowest BCUT2D eigenvalue weighted by Gasteiger charge is -2.22. The van der Waals surface area contributed by atoms with Crippen molar-refractivity contribution in [3.63, 3.8) is 0 Å². The van der Waals surface area contributed by atoms with Gasteiger partial charge in [-0.1, -0.05) is 41.7 Å². The topological polar surface area (TPSA) is 123 Å². The number of hydrogen-bond donors (Lipinski definition) is 1. The highest BCUT2D eigenvalue weighted by Crippen LogP contribution is 2.45. The first-order valence-electron chi connectivity index (χ1n) is 11.9. The third kappa shape index (κ3) is 4.28. The highest BCUT2D eigenvalue weighted by Gasteiger charge is 2.48. The number of nitro benzene ring substituents is 1. The summed E-state index contributed by atoms with van der Waals surface area (Å²) < 4.78 is 6.36. The maximum atomic E-state index is 13.5. The summed E-state index contributed by atoms with van der Waals surface area (Å²) in [5.74, 6) is -1.71. The predicted molar refractivity (Wildman–Crippen MR) is 145 cm³/mol. The number of nitro groups is 1. The SMILES string of the molecule is CCOc1cccc(C(O)=C2C(=O)C(=O)N(c3nc4c(C)cc(C)cc4s3)C2c2cccc([N+](=O)[O-])c2)c1. The number of aromatic nitrogens is 1. The van der Waals surface area contributed by atoms with Crippen LogP contribution in [0.15, 0.2) is 66.2 Å². The van der Waals surface area contributed by atoms with E-state index in [1.807, 2.05) is 32.9 Å². The molecule has 1 N–H and O–H groups in total. The van der Waals surface area contributed by atoms with E-state index in [1.54, 1.807) is 30.3 Å². The lowest BCUT2D eigenvalue weighted by molar-refractivity contribution is -0.384. The Morgan fingerprint density at radius 1 is 1.13 bits per heavy atom. The van der Waals surface area contributed by atoms with E-state index in [4.69, 9.17) is 4.74 Å². The van der Waals surface area contributed by atoms with Gasteiger partial charge in [-0.25, -0.2) is 4.98 Å². The van der Waals surface area contributed by atoms with E-state index < -0.39 is 28.4 Å². The molecule has 0 spiro atoms. The third-order valence-corrected chi connectivity index (χ3v) is 7.29. The van der Waals surface area contributed by atoms with Gasteiger partial charge in [0.25, 0.3) is 11.5 Å². The largest absolute Gasteiger partial charge is 0.507 e. The second-order valence-electron chi connectivity index (χ2n) is 8.91. The Bertz CT molecular complexity index is 1660. The minimum Gasteiger partial charge on any atom is -0.507 e. The van der Waals surface area contributed by atoms with E-state index >= 15 is 0 Å². The molecule has 0 saturated carbocycles. The van der Waals surface area contributed by atoms with Crippen molar-refractivity contribution in [1.82, 2.24) is 4.98 Å². The van der Waals surface area contributed by atoms with Gasteiger partial charge in [-0.2, -0.15) is 0 Å². The molecule has 0 aliphatic carbocycles. The van der Waals surface area contributed by atoms with Gasteiger partial charge in [-0.3, -0.25) is 24.6 Å². The van der Waals surface area contributed by atoms with Crippen molar-refractivity contribution < 1.29 is 24.4 Å². The molecule has 1 fully saturated rings. The van der Waals surface area contributed by atoms with Crippen LogP contribution in [0.5, 0.6) is 5.75 Å². The van der Waals surface area contributed by atoms with Crippen LogP contribution >= 0.6 is 11.3 Å². The fourth-order valence-corrected chi connectivity index (χ4v) is 5.84. The number of amides is 1. The second kappa shape index (κ2) is 9.71. The van der Waals surface area contributed by atoms with Crippen molar-refractivity contribution >= 4 is 49.8 Å². The molecule has 1 aliphatic rings. The highest BCUT2D eigenvalue weighted by atomic mass is 32.1. The number of fused-ring (bicyclic) bond motifs is 1. The van der Waals surface area contributed by atoms with Gasteiger partial charge in [0.05, 0.1) is 33.4 Å². The van der Waals surface area contributed by atoms with Crippen molar-refractivity contribution in [3.05, 3.63) is 98.6 Å². The summed E-state index contributed by atoms with van der Waals surface area (Å²) in [4.78, 5) is 43.8. The molecule has 0 bridgehead atoms. The van der Waals surface area contributed by atoms with Crippen LogP contribution in [0.2, 0.25) is 0 Å². The summed E-state index contributed by atoms with van der Waals surface area (Å²) in [5, 5.41) is 23.2. The molecule has 1 amide bonds. The first-order chi connectivity index (χ1) is 18.2. The van der Waals surface area contributed by atoms with Crippen LogP contribution in [-0.2, 0) is 9.59 Å². The number of aliphatic hydroxyl groups is 1. The van der Waals surface area contributed by atoms with Crippen molar-refractivity contribution in [3.8, 4) is 5.75 Å². The minimum atomic E-state index is -1.13. The average molecular weight is 530 g/mol. The van der Waals surface area contributed by atoms with Gasteiger partial charge in [0, 0.05) is 17.7 Å². The lowest BCUT2D eigenvalue weighted by atomic mass is 9.95. The van der Waals surface area contributed by atoms with Gasteiger partial charge >= 0.3 is 5.91 Å². The molecular formula is C28H23N3O6S. The van der Waals surface area contributed by atoms with Gasteiger partial charge in [0.2, 0.25) is 0 Å². The Morgan fingerprint density at radius 2 is 1.89 bits per heavy atom. The van der Waals surface area contributed by atoms with Crippen molar-refractivity contribution in [2.75, 3.05) is 11.5 Å². The molecular weight excluding hydrogens is 506 g/mol. The zero-order valence-corrected chi connectivity index (χ0v) is 21.6. The molecule has 192 valence electrons. The van der Waals surface area contributed by atoms with Gasteiger partial charge in [-0.15, -0.1) is 0 Å². The zero-order valence-electron chi connectivity index (χ0n) is 20.8. The molecule has 1 saturated heterocycles. The molecule has 3 aromatic carbocycles. The Morgan fingerprint density at radius 3 is 2.63 bits per heavy atom. The molecule has 10 heteroatoms. The Kier molecular flexibility index (Phi) is 6.41. The first kappa shape index (κ1) is 25.1. The van der Waals surface area contributed by atoms with Crippen LogP contribution in [0.25, 0.3) is 16.0 Å². The lowest BCUT2D eigenvalue weighted by Crippen LogP contribution is -2.29. The third-order valence-electron chi connectivity index (χ3n) is 6.28. The zero-order chi connectivity index (χ0) is 27.1. The normalized spacial score (nSPS) is 16.8. The number of benzene rings is 3. The Balaban J connectivity index is 1.75. The van der Waals surface area contributed by atoms with E-state index in [2.05, 4.69) is 4.98 Å². The number of ketones is 1. The van der Waals surface area contributed by atoms with Gasteiger partial charge in [-0.05, 0) is 55.7 Å². The number of aryl methyl sites for hydroxylation is 2. The van der Waals surface area contributed by atoms with Gasteiger partial charge in [0.15, 0.2) is 5.13 Å². The minimum absolute atomic E-state index is 0.184. The Labute approximate surface area is 221 Å². The van der Waals surface area contributed by atoms with Crippen LogP contribution in [0.4, 0.5) is 10.8 Å². The van der Waals surface area contributed by atoms with Crippen LogP contribution < -0.4 is 9.64 Å². The Hall–Kier alpha value is -4.57. The van der Waals surface area contributed by atoms with E-state index in [0.29, 0.717) is 23.4 Å². The van der Waals surface area contributed by atoms with Crippen LogP contribution in [0.3, 0.4) is 0 Å². The average Bonchev–Trinajstić information content (AvgIpc) is 3.42. The molecule has 38 heavy (non-hydrogen) atoms. The van der Waals surface area contributed by atoms with E-state index in [1.165, 1.54) is 34.4 Å². The summed E-state index contributed by atoms with van der Waals surface area (Å²) in [6.07, 6.45) is 0. The quantitative estimate of drug-likeness (QED) is 0.109. The van der Waals surface area contributed by atoms with Crippen LogP contribution in [0.1, 0.15) is 35.2 Å². The summed E-state index contributed by atoms with van der Waals surface area (Å²) in [6, 6.07) is 15.0. The first-order valence-corrected chi connectivity index (χ1v) is 12.7. The molecule has 9 nitrogen and oxygen atoms in total. The molecule has 5 rings (SSSR count). The van der Waals surface area contributed by atoms with Gasteiger partial charge < -0.3 is 9.84 Å². The fraction of sp³-hybridized carbons (Fsp3) is 0.179. The van der Waals surface area contributed by atoms with Crippen molar-refractivity contribution in [1.29, 1.82) is 0 Å². The van der Waals surface area contributed by atoms with E-state index in [9.17, 15) is 24.8 Å². The number of nitrogens with zero attached hydrogens (tertiary/aromatic N) is 3. The standard InChI is InChI=1S/C28H23N3O6S/c1-4-37-20-10-6-8-18(14-20)25(32)22-24(17-7-5-9-19(13-17)31(35)36)30(27(34)26(22)33)28-29-23-16(3)11-15(2)12-21(23)38-28/h5-14,24,32H,4H2,1-3H3. The number of non-ortho nitro benzene ring substituents is 1. The summed E-state index contributed by atoms with van der Waals surface area (Å²) >= 11 is 1.24. The smallest absolute Gasteiger partial charge is 0.301 e. The molecule has 1 unspecified atom stereocenters. The predicted octanol–water partition coefficient (Wildman–Crippen LogP) is 5.85. The summed E-state index contributed by atoms with van der Waals surface area (Å²) in [5.41, 5.74) is 2.82. The van der Waals surface area contributed by atoms with Crippen LogP contribution in [-0.4, -0.2) is 33.3 Å². The summed E-state index contributed by atoms with van der Waals surface area (Å²) in [6.45, 7) is 6.09. The molecule has 2 heterocycles. The number of ether oxygens (including phenoxy) is 1. The van der Waals surface area contributed by atoms with Gasteiger partial charge in [0.1, 0.15) is 11.5 Å². The molecule has 4 aromatic rings. The maximum Gasteiger partial charge on any atom is 0.301 e. The number of thiazole rings is 1. The number of hydrogen-bond acceptors (Lipinski definition) is 8. The molecule has 1 aromatic heterocycles. The van der Waals surface area contributed by atoms with Crippen molar-refractivity contribution in [2.45, 2.75) is 26.8 Å². The number of aliphatic hydroxyl groups excluding tert-OH is 1. The fourth-order valence-electron chi connectivity index (χ4n) is 4.67. The monoisotopic (exact) mass is 529 g/mol.